The van der Waals surface area contributed by atoms with Gasteiger partial charge < -0.3 is 4.74 Å². The van der Waals surface area contributed by atoms with Crippen molar-refractivity contribution in [2.24, 2.45) is 4.99 Å². The van der Waals surface area contributed by atoms with Crippen LogP contribution < -0.4 is 0 Å². The molecule has 0 aliphatic rings. The average Bonchev–Trinajstić information content (AvgIpc) is 2.10. The van der Waals surface area contributed by atoms with Gasteiger partial charge in [0.2, 0.25) is 6.08 Å². The monoisotopic (exact) mass is 171 g/mol. The normalized spacial score (nSPS) is 12.2. The molecular formula is C9H17NO2. The molecule has 0 saturated carbocycles. The fourth-order valence-electron chi connectivity index (χ4n) is 1.04. The minimum atomic E-state index is -0.278. The number of unbranched alkanes of at least 4 members (excludes halogenated alkanes) is 3. The van der Waals surface area contributed by atoms with Crippen molar-refractivity contribution in [3.05, 3.63) is 0 Å². The number of nitrogens with zero attached hydrogens (tertiary/aromatic N) is 1. The van der Waals surface area contributed by atoms with Gasteiger partial charge in [0.25, 0.3) is 0 Å². The summed E-state index contributed by atoms with van der Waals surface area (Å²) in [6, 6.07) is 0. The lowest BCUT2D eigenvalue weighted by atomic mass is 10.1. The SMILES string of the molecule is CCCCCCC(N=C=O)OC. The third-order valence-corrected chi connectivity index (χ3v) is 1.77. The smallest absolute Gasteiger partial charge is 0.237 e. The van der Waals surface area contributed by atoms with E-state index in [1.807, 2.05) is 0 Å². The number of rotatable bonds is 7. The van der Waals surface area contributed by atoms with E-state index < -0.39 is 0 Å². The van der Waals surface area contributed by atoms with Crippen molar-refractivity contribution in [3.8, 4) is 0 Å². The summed E-state index contributed by atoms with van der Waals surface area (Å²) in [5.41, 5.74) is 0. The summed E-state index contributed by atoms with van der Waals surface area (Å²) < 4.78 is 4.94. The quantitative estimate of drug-likeness (QED) is 0.335. The van der Waals surface area contributed by atoms with Crippen LogP contribution in [0.5, 0.6) is 0 Å². The maximum absolute atomic E-state index is 9.89. The Balaban J connectivity index is 3.38. The van der Waals surface area contributed by atoms with Crippen molar-refractivity contribution in [1.29, 1.82) is 0 Å². The van der Waals surface area contributed by atoms with Crippen LogP contribution in [0, 0.1) is 0 Å². The molecule has 1 unspecified atom stereocenters. The molecule has 0 N–H and O–H groups in total. The number of ether oxygens (including phenoxy) is 1. The Morgan fingerprint density at radius 1 is 1.42 bits per heavy atom. The van der Waals surface area contributed by atoms with Crippen LogP contribution in [0.1, 0.15) is 39.0 Å². The molecule has 0 aromatic rings. The first kappa shape index (κ1) is 11.3. The second kappa shape index (κ2) is 8.44. The van der Waals surface area contributed by atoms with E-state index >= 15 is 0 Å². The van der Waals surface area contributed by atoms with Crippen molar-refractivity contribution in [1.82, 2.24) is 0 Å². The van der Waals surface area contributed by atoms with Crippen LogP contribution >= 0.6 is 0 Å². The molecule has 3 nitrogen and oxygen atoms in total. The molecule has 0 aliphatic carbocycles. The van der Waals surface area contributed by atoms with Crippen molar-refractivity contribution in [2.75, 3.05) is 7.11 Å². The molecule has 12 heavy (non-hydrogen) atoms. The average molecular weight is 171 g/mol. The molecule has 0 heterocycles. The molecule has 0 rings (SSSR count). The number of aliphatic imine (C=N–C) groups is 1. The topological polar surface area (TPSA) is 38.7 Å². The summed E-state index contributed by atoms with van der Waals surface area (Å²) in [5, 5.41) is 0. The van der Waals surface area contributed by atoms with Gasteiger partial charge in [-0.25, -0.2) is 4.79 Å². The van der Waals surface area contributed by atoms with Gasteiger partial charge in [-0.3, -0.25) is 0 Å². The van der Waals surface area contributed by atoms with Crippen LogP contribution in [0.2, 0.25) is 0 Å². The predicted octanol–water partition coefficient (Wildman–Crippen LogP) is 2.27. The Labute approximate surface area is 73.8 Å². The summed E-state index contributed by atoms with van der Waals surface area (Å²) in [7, 11) is 1.56. The summed E-state index contributed by atoms with van der Waals surface area (Å²) in [5.74, 6) is 0. The lowest BCUT2D eigenvalue weighted by molar-refractivity contribution is 0.100. The number of hydrogen-bond donors (Lipinski definition) is 0. The molecule has 0 radical (unpaired) electrons. The first-order valence-electron chi connectivity index (χ1n) is 4.45. The minimum absolute atomic E-state index is 0.278. The standard InChI is InChI=1S/C9H17NO2/c1-3-4-5-6-7-9(12-2)10-8-11/h9H,3-7H2,1-2H3. The maximum Gasteiger partial charge on any atom is 0.237 e. The number of carbonyl (C=O) groups excluding carboxylic acids is 1. The Kier molecular flexibility index (Phi) is 7.97. The fraction of sp³-hybridized carbons (Fsp3) is 0.889. The molecule has 0 saturated heterocycles. The van der Waals surface area contributed by atoms with Crippen molar-refractivity contribution < 1.29 is 9.53 Å². The van der Waals surface area contributed by atoms with Crippen molar-refractivity contribution in [2.45, 2.75) is 45.3 Å². The van der Waals surface area contributed by atoms with Crippen molar-refractivity contribution >= 4 is 6.08 Å². The van der Waals surface area contributed by atoms with Gasteiger partial charge in [-0.1, -0.05) is 26.2 Å². The van der Waals surface area contributed by atoms with Gasteiger partial charge in [-0.05, 0) is 12.8 Å². The van der Waals surface area contributed by atoms with Crippen LogP contribution in [-0.2, 0) is 9.53 Å². The fourth-order valence-corrected chi connectivity index (χ4v) is 1.04. The molecule has 0 aromatic heterocycles. The van der Waals surface area contributed by atoms with Gasteiger partial charge in [0.15, 0.2) is 6.23 Å². The lowest BCUT2D eigenvalue weighted by Crippen LogP contribution is -2.06. The van der Waals surface area contributed by atoms with E-state index in [0.717, 1.165) is 12.8 Å². The van der Waals surface area contributed by atoms with Crippen LogP contribution in [0.15, 0.2) is 4.99 Å². The first-order chi connectivity index (χ1) is 5.85. The number of methoxy groups -OCH3 is 1. The van der Waals surface area contributed by atoms with Gasteiger partial charge in [0, 0.05) is 7.11 Å². The highest BCUT2D eigenvalue weighted by atomic mass is 16.5. The third-order valence-electron chi connectivity index (χ3n) is 1.77. The van der Waals surface area contributed by atoms with E-state index in [9.17, 15) is 4.79 Å². The highest BCUT2D eigenvalue weighted by Crippen LogP contribution is 2.07. The highest BCUT2D eigenvalue weighted by molar-refractivity contribution is 5.33. The van der Waals surface area contributed by atoms with Crippen molar-refractivity contribution in [3.63, 3.8) is 0 Å². The Morgan fingerprint density at radius 2 is 2.17 bits per heavy atom. The van der Waals surface area contributed by atoms with E-state index in [0.29, 0.717) is 0 Å². The summed E-state index contributed by atoms with van der Waals surface area (Å²) in [6.45, 7) is 2.16. The van der Waals surface area contributed by atoms with Gasteiger partial charge in [-0.15, -0.1) is 0 Å². The van der Waals surface area contributed by atoms with E-state index in [1.165, 1.54) is 25.3 Å². The molecule has 3 heteroatoms. The zero-order valence-corrected chi connectivity index (χ0v) is 7.88. The largest absolute Gasteiger partial charge is 0.359 e. The van der Waals surface area contributed by atoms with Gasteiger partial charge in [0.1, 0.15) is 0 Å². The highest BCUT2D eigenvalue weighted by Gasteiger charge is 2.02. The molecular weight excluding hydrogens is 154 g/mol. The summed E-state index contributed by atoms with van der Waals surface area (Å²) >= 11 is 0. The molecule has 0 fully saturated rings. The maximum atomic E-state index is 9.89. The van der Waals surface area contributed by atoms with Gasteiger partial charge >= 0.3 is 0 Å². The van der Waals surface area contributed by atoms with E-state index in [4.69, 9.17) is 4.74 Å². The van der Waals surface area contributed by atoms with E-state index in [1.54, 1.807) is 7.11 Å². The zero-order valence-electron chi connectivity index (χ0n) is 7.88. The second-order valence-electron chi connectivity index (χ2n) is 2.76. The van der Waals surface area contributed by atoms with Crippen LogP contribution in [-0.4, -0.2) is 19.4 Å². The Bertz CT molecular complexity index is 141. The molecule has 0 aromatic carbocycles. The summed E-state index contributed by atoms with van der Waals surface area (Å²) in [4.78, 5) is 13.4. The van der Waals surface area contributed by atoms with Gasteiger partial charge in [0.05, 0.1) is 0 Å². The number of hydrogen-bond acceptors (Lipinski definition) is 3. The van der Waals surface area contributed by atoms with Crippen LogP contribution in [0.25, 0.3) is 0 Å². The Hall–Kier alpha value is -0.660. The molecule has 0 bridgehead atoms. The second-order valence-corrected chi connectivity index (χ2v) is 2.76. The zero-order chi connectivity index (χ0) is 9.23. The Morgan fingerprint density at radius 3 is 2.67 bits per heavy atom. The first-order valence-corrected chi connectivity index (χ1v) is 4.45. The van der Waals surface area contributed by atoms with Crippen LogP contribution in [0.3, 0.4) is 0 Å². The molecule has 1 atom stereocenters. The summed E-state index contributed by atoms with van der Waals surface area (Å²) in [6.07, 6.45) is 6.76. The lowest BCUT2D eigenvalue weighted by Gasteiger charge is -2.06. The van der Waals surface area contributed by atoms with E-state index in [2.05, 4.69) is 11.9 Å². The van der Waals surface area contributed by atoms with Gasteiger partial charge in [-0.2, -0.15) is 4.99 Å². The molecule has 0 aliphatic heterocycles. The van der Waals surface area contributed by atoms with E-state index in [-0.39, 0.29) is 6.23 Å². The molecule has 0 spiro atoms. The molecule has 0 amide bonds. The van der Waals surface area contributed by atoms with Crippen LogP contribution in [0.4, 0.5) is 0 Å². The number of isocyanates is 1. The third kappa shape index (κ3) is 6.08. The molecule has 70 valence electrons. The minimum Gasteiger partial charge on any atom is -0.359 e. The predicted molar refractivity (Wildman–Crippen MR) is 47.7 cm³/mol.